The number of thioether (sulfide) groups is 1. The van der Waals surface area contributed by atoms with Gasteiger partial charge in [0.25, 0.3) is 11.1 Å². The Balaban J connectivity index is 1.37. The van der Waals surface area contributed by atoms with E-state index < -0.39 is 0 Å². The van der Waals surface area contributed by atoms with Gasteiger partial charge in [0.15, 0.2) is 0 Å². The summed E-state index contributed by atoms with van der Waals surface area (Å²) in [6.07, 6.45) is 5.23. The number of rotatable bonds is 7. The maximum absolute atomic E-state index is 14.2. The first-order valence-corrected chi connectivity index (χ1v) is 12.0. The van der Waals surface area contributed by atoms with Crippen LogP contribution in [0.1, 0.15) is 23.1 Å². The first kappa shape index (κ1) is 22.2. The highest BCUT2D eigenvalue weighted by molar-refractivity contribution is 8.18. The molecule has 0 spiro atoms. The zero-order chi connectivity index (χ0) is 23.5. The Bertz CT molecular complexity index is 1390. The summed E-state index contributed by atoms with van der Waals surface area (Å²) in [6, 6.07) is 24.6. The van der Waals surface area contributed by atoms with Gasteiger partial charge >= 0.3 is 0 Å². The number of imide groups is 1. The lowest BCUT2D eigenvalue weighted by Crippen LogP contribution is -2.29. The van der Waals surface area contributed by atoms with E-state index in [4.69, 9.17) is 0 Å². The molecule has 0 bridgehead atoms. The van der Waals surface area contributed by atoms with Gasteiger partial charge in [0.1, 0.15) is 5.82 Å². The molecule has 0 radical (unpaired) electrons. The van der Waals surface area contributed by atoms with Crippen LogP contribution in [0, 0.1) is 5.82 Å². The highest BCUT2D eigenvalue weighted by Crippen LogP contribution is 2.34. The molecule has 0 saturated carbocycles. The first-order chi connectivity index (χ1) is 16.6. The van der Waals surface area contributed by atoms with Crippen LogP contribution in [0.15, 0.2) is 90.0 Å². The molecule has 1 aliphatic heterocycles. The van der Waals surface area contributed by atoms with Gasteiger partial charge in [-0.2, -0.15) is 0 Å². The number of nitrogens with zero attached hydrogens (tertiary/aromatic N) is 2. The number of hydrogen-bond donors (Lipinski definition) is 0. The quantitative estimate of drug-likeness (QED) is 0.290. The number of fused-ring (bicyclic) bond motifs is 1. The Labute approximate surface area is 201 Å². The van der Waals surface area contributed by atoms with Crippen LogP contribution in [-0.2, 0) is 17.8 Å². The third-order valence-electron chi connectivity index (χ3n) is 5.97. The second-order valence-corrected chi connectivity index (χ2v) is 9.24. The van der Waals surface area contributed by atoms with Gasteiger partial charge in [-0.15, -0.1) is 0 Å². The summed E-state index contributed by atoms with van der Waals surface area (Å²) < 4.78 is 16.2. The van der Waals surface area contributed by atoms with Gasteiger partial charge in [-0.05, 0) is 48.4 Å². The van der Waals surface area contributed by atoms with Crippen LogP contribution in [-0.4, -0.2) is 27.2 Å². The molecule has 170 valence electrons. The molecule has 0 atom stereocenters. The van der Waals surface area contributed by atoms with Gasteiger partial charge in [0.05, 0.1) is 11.4 Å². The zero-order valence-electron chi connectivity index (χ0n) is 18.5. The monoisotopic (exact) mass is 470 g/mol. The summed E-state index contributed by atoms with van der Waals surface area (Å²) in [7, 11) is 0. The van der Waals surface area contributed by atoms with Crippen LogP contribution in [0.2, 0.25) is 0 Å². The molecule has 0 aliphatic carbocycles. The molecular formula is C28H23FN2O2S. The van der Waals surface area contributed by atoms with Crippen molar-refractivity contribution in [2.45, 2.75) is 19.4 Å². The zero-order valence-corrected chi connectivity index (χ0v) is 19.3. The number of carbonyl (C=O) groups is 2. The van der Waals surface area contributed by atoms with Crippen molar-refractivity contribution in [1.82, 2.24) is 9.47 Å². The van der Waals surface area contributed by atoms with Gasteiger partial charge < -0.3 is 4.57 Å². The summed E-state index contributed by atoms with van der Waals surface area (Å²) in [5, 5.41) is 0.717. The van der Waals surface area contributed by atoms with Crippen molar-refractivity contribution in [3.05, 3.63) is 112 Å². The van der Waals surface area contributed by atoms with Crippen molar-refractivity contribution in [2.75, 3.05) is 6.54 Å². The molecule has 4 aromatic rings. The van der Waals surface area contributed by atoms with Crippen LogP contribution in [0.25, 0.3) is 17.0 Å². The number of carbonyl (C=O) groups excluding carboxylic acids is 2. The van der Waals surface area contributed by atoms with E-state index >= 15 is 0 Å². The van der Waals surface area contributed by atoms with Crippen molar-refractivity contribution in [2.24, 2.45) is 0 Å². The third-order valence-corrected chi connectivity index (χ3v) is 6.88. The van der Waals surface area contributed by atoms with Gasteiger partial charge in [-0.3, -0.25) is 14.5 Å². The average molecular weight is 471 g/mol. The smallest absolute Gasteiger partial charge is 0.293 e. The summed E-state index contributed by atoms with van der Waals surface area (Å²) >= 11 is 0.976. The SMILES string of the molecule is O=C1S/C(=C/c2cn(Cc3ccccc3F)c3ccccc23)C(=O)N1CCCc1ccccc1. The maximum Gasteiger partial charge on any atom is 0.293 e. The summed E-state index contributed by atoms with van der Waals surface area (Å²) in [5.41, 5.74) is 3.56. The van der Waals surface area contributed by atoms with E-state index in [9.17, 15) is 14.0 Å². The van der Waals surface area contributed by atoms with Gasteiger partial charge in [0, 0.05) is 34.8 Å². The molecule has 0 unspecified atom stereocenters. The molecule has 1 aromatic heterocycles. The molecule has 6 heteroatoms. The number of amides is 2. The molecule has 5 rings (SSSR count). The minimum Gasteiger partial charge on any atom is -0.342 e. The largest absolute Gasteiger partial charge is 0.342 e. The lowest BCUT2D eigenvalue weighted by atomic mass is 10.1. The van der Waals surface area contributed by atoms with Gasteiger partial charge in [-0.25, -0.2) is 4.39 Å². The Kier molecular flexibility index (Phi) is 6.32. The van der Waals surface area contributed by atoms with Crippen LogP contribution >= 0.6 is 11.8 Å². The van der Waals surface area contributed by atoms with E-state index in [2.05, 4.69) is 0 Å². The molecule has 0 N–H and O–H groups in total. The van der Waals surface area contributed by atoms with Crippen LogP contribution in [0.3, 0.4) is 0 Å². The summed E-state index contributed by atoms with van der Waals surface area (Å²) in [4.78, 5) is 27.3. The van der Waals surface area contributed by atoms with Crippen molar-refractivity contribution < 1.29 is 14.0 Å². The van der Waals surface area contributed by atoms with Gasteiger partial charge in [-0.1, -0.05) is 66.7 Å². The van der Waals surface area contributed by atoms with E-state index in [0.29, 0.717) is 23.6 Å². The fourth-order valence-corrected chi connectivity index (χ4v) is 5.11. The number of aryl methyl sites for hydroxylation is 1. The normalized spacial score (nSPS) is 15.1. The molecule has 34 heavy (non-hydrogen) atoms. The van der Waals surface area contributed by atoms with E-state index in [1.165, 1.54) is 16.5 Å². The van der Waals surface area contributed by atoms with E-state index in [0.717, 1.165) is 41.1 Å². The Morgan fingerprint density at radius 3 is 2.44 bits per heavy atom. The predicted octanol–water partition coefficient (Wildman–Crippen LogP) is 6.50. The number of halogens is 1. The second kappa shape index (κ2) is 9.69. The lowest BCUT2D eigenvalue weighted by Gasteiger charge is -2.12. The molecule has 1 aliphatic rings. The lowest BCUT2D eigenvalue weighted by molar-refractivity contribution is -0.122. The van der Waals surface area contributed by atoms with Crippen molar-refractivity contribution in [3.8, 4) is 0 Å². The van der Waals surface area contributed by atoms with Crippen molar-refractivity contribution in [1.29, 1.82) is 0 Å². The molecule has 1 fully saturated rings. The molecule has 2 heterocycles. The maximum atomic E-state index is 14.2. The number of benzene rings is 3. The van der Waals surface area contributed by atoms with E-state index in [1.807, 2.05) is 71.4 Å². The number of hydrogen-bond acceptors (Lipinski definition) is 3. The first-order valence-electron chi connectivity index (χ1n) is 11.2. The Morgan fingerprint density at radius 2 is 1.62 bits per heavy atom. The number of aromatic nitrogens is 1. The number of para-hydroxylation sites is 1. The predicted molar refractivity (Wildman–Crippen MR) is 135 cm³/mol. The minimum atomic E-state index is -0.256. The molecular weight excluding hydrogens is 447 g/mol. The van der Waals surface area contributed by atoms with Crippen molar-refractivity contribution >= 4 is 39.9 Å². The van der Waals surface area contributed by atoms with E-state index in [1.54, 1.807) is 18.2 Å². The molecule has 4 nitrogen and oxygen atoms in total. The highest BCUT2D eigenvalue weighted by Gasteiger charge is 2.34. The van der Waals surface area contributed by atoms with Crippen molar-refractivity contribution in [3.63, 3.8) is 0 Å². The van der Waals surface area contributed by atoms with Crippen LogP contribution < -0.4 is 0 Å². The molecule has 1 saturated heterocycles. The fourth-order valence-electron chi connectivity index (χ4n) is 4.25. The minimum absolute atomic E-state index is 0.237. The standard InChI is InChI=1S/C28H23FN2O2S/c29-24-14-6-4-12-21(24)18-30-19-22(23-13-5-7-15-25(23)30)17-26-27(32)31(28(33)34-26)16-8-11-20-9-2-1-3-10-20/h1-7,9-10,12-15,17,19H,8,11,16,18H2/b26-17+. The van der Waals surface area contributed by atoms with Gasteiger partial charge in [0.2, 0.25) is 0 Å². The van der Waals surface area contributed by atoms with E-state index in [-0.39, 0.29) is 17.0 Å². The Morgan fingerprint density at radius 1 is 0.882 bits per heavy atom. The highest BCUT2D eigenvalue weighted by atomic mass is 32.2. The average Bonchev–Trinajstić information content (AvgIpc) is 3.33. The summed E-state index contributed by atoms with van der Waals surface area (Å²) in [6.45, 7) is 0.772. The van der Waals surface area contributed by atoms with Crippen LogP contribution in [0.4, 0.5) is 9.18 Å². The van der Waals surface area contributed by atoms with Crippen LogP contribution in [0.5, 0.6) is 0 Å². The summed E-state index contributed by atoms with van der Waals surface area (Å²) in [5.74, 6) is -0.507. The second-order valence-electron chi connectivity index (χ2n) is 8.24. The fraction of sp³-hybridized carbons (Fsp3) is 0.143. The third kappa shape index (κ3) is 4.54. The molecule has 3 aromatic carbocycles. The molecule has 2 amide bonds. The topological polar surface area (TPSA) is 42.3 Å². The Hall–Kier alpha value is -3.64.